The zero-order valence-electron chi connectivity index (χ0n) is 14.7. The Bertz CT molecular complexity index is 722. The molecule has 0 amide bonds. The van der Waals surface area contributed by atoms with Gasteiger partial charge in [0, 0.05) is 31.7 Å². The molecule has 10 heteroatoms. The summed E-state index contributed by atoms with van der Waals surface area (Å²) in [5, 5.41) is 5.85. The topological polar surface area (TPSA) is 83.0 Å². The highest BCUT2D eigenvalue weighted by Crippen LogP contribution is 2.10. The van der Waals surface area contributed by atoms with Gasteiger partial charge in [0.1, 0.15) is 11.6 Å². The average Bonchev–Trinajstić information content (AvgIpc) is 2.63. The summed E-state index contributed by atoms with van der Waals surface area (Å²) in [5.74, 6) is -0.827. The van der Waals surface area contributed by atoms with Crippen LogP contribution in [0, 0.1) is 11.6 Å². The van der Waals surface area contributed by atoms with Crippen molar-refractivity contribution in [2.45, 2.75) is 13.5 Å². The molecule has 1 aromatic carbocycles. The van der Waals surface area contributed by atoms with Crippen LogP contribution in [0.1, 0.15) is 12.5 Å². The molecule has 1 fully saturated rings. The maximum absolute atomic E-state index is 13.6. The zero-order chi connectivity index (χ0) is 19.0. The van der Waals surface area contributed by atoms with E-state index in [1.54, 1.807) is 0 Å². The standard InChI is InChI=1S/C16H24F2N4O3S/c1-2-19-16(21-12-13-11-14(17)3-4-15(13)18)20-5-10-26(23,24)22-6-8-25-9-7-22/h3-4,11H,2,5-10,12H2,1H3,(H2,19,20,21). The van der Waals surface area contributed by atoms with E-state index in [-0.39, 0.29) is 24.4 Å². The van der Waals surface area contributed by atoms with Crippen LogP contribution in [0.25, 0.3) is 0 Å². The lowest BCUT2D eigenvalue weighted by Crippen LogP contribution is -2.45. The first-order valence-corrected chi connectivity index (χ1v) is 10.0. The molecule has 0 bridgehead atoms. The van der Waals surface area contributed by atoms with Gasteiger partial charge in [0.05, 0.1) is 25.5 Å². The normalized spacial score (nSPS) is 16.5. The van der Waals surface area contributed by atoms with Crippen molar-refractivity contribution in [3.05, 3.63) is 35.4 Å². The molecule has 0 spiro atoms. The first-order chi connectivity index (χ1) is 12.4. The largest absolute Gasteiger partial charge is 0.379 e. The van der Waals surface area contributed by atoms with Gasteiger partial charge in [-0.1, -0.05) is 0 Å². The van der Waals surface area contributed by atoms with Crippen molar-refractivity contribution >= 4 is 16.0 Å². The van der Waals surface area contributed by atoms with Gasteiger partial charge in [0.2, 0.25) is 10.0 Å². The van der Waals surface area contributed by atoms with Gasteiger partial charge in [0.25, 0.3) is 0 Å². The number of aliphatic imine (C=N–C) groups is 1. The molecular formula is C16H24F2N4O3S. The van der Waals surface area contributed by atoms with E-state index < -0.39 is 21.7 Å². The number of rotatable bonds is 7. The molecule has 2 rings (SSSR count). The summed E-state index contributed by atoms with van der Waals surface area (Å²) in [6, 6.07) is 3.18. The Kier molecular flexibility index (Phi) is 7.73. The Morgan fingerprint density at radius 1 is 1.27 bits per heavy atom. The van der Waals surface area contributed by atoms with Gasteiger partial charge in [-0.05, 0) is 25.1 Å². The zero-order valence-corrected chi connectivity index (χ0v) is 15.5. The van der Waals surface area contributed by atoms with Crippen molar-refractivity contribution in [1.82, 2.24) is 14.9 Å². The second kappa shape index (κ2) is 9.79. The predicted octanol–water partition coefficient (Wildman–Crippen LogP) is 0.682. The van der Waals surface area contributed by atoms with Crippen molar-refractivity contribution in [1.29, 1.82) is 0 Å². The van der Waals surface area contributed by atoms with Crippen LogP contribution < -0.4 is 10.6 Å². The maximum Gasteiger partial charge on any atom is 0.215 e. The fourth-order valence-corrected chi connectivity index (χ4v) is 3.75. The van der Waals surface area contributed by atoms with Crippen LogP contribution in [0.5, 0.6) is 0 Å². The van der Waals surface area contributed by atoms with E-state index in [0.29, 0.717) is 38.8 Å². The van der Waals surface area contributed by atoms with E-state index in [2.05, 4.69) is 15.6 Å². The summed E-state index contributed by atoms with van der Waals surface area (Å²) in [5.41, 5.74) is 0.128. The van der Waals surface area contributed by atoms with Crippen LogP contribution in [-0.2, 0) is 21.3 Å². The number of guanidine groups is 1. The van der Waals surface area contributed by atoms with E-state index in [4.69, 9.17) is 4.74 Å². The van der Waals surface area contributed by atoms with Crippen molar-refractivity contribution in [3.8, 4) is 0 Å². The third kappa shape index (κ3) is 6.19. The highest BCUT2D eigenvalue weighted by Gasteiger charge is 2.23. The summed E-state index contributed by atoms with van der Waals surface area (Å²) in [7, 11) is -3.37. The minimum atomic E-state index is -3.37. The molecule has 1 aliphatic rings. The van der Waals surface area contributed by atoms with E-state index in [1.807, 2.05) is 6.92 Å². The highest BCUT2D eigenvalue weighted by atomic mass is 32.2. The lowest BCUT2D eigenvalue weighted by Gasteiger charge is -2.26. The number of nitrogens with zero attached hydrogens (tertiary/aromatic N) is 2. The van der Waals surface area contributed by atoms with Gasteiger partial charge in [-0.25, -0.2) is 22.2 Å². The maximum atomic E-state index is 13.6. The number of hydrogen-bond acceptors (Lipinski definition) is 4. The van der Waals surface area contributed by atoms with Gasteiger partial charge in [-0.15, -0.1) is 0 Å². The summed E-state index contributed by atoms with van der Waals surface area (Å²) in [6.45, 7) is 4.00. The van der Waals surface area contributed by atoms with Crippen LogP contribution in [-0.4, -0.2) is 63.8 Å². The fourth-order valence-electron chi connectivity index (χ4n) is 2.42. The molecule has 0 aliphatic carbocycles. The Labute approximate surface area is 152 Å². The third-order valence-electron chi connectivity index (χ3n) is 3.78. The molecule has 0 unspecified atom stereocenters. The number of hydrogen-bond donors (Lipinski definition) is 2. The van der Waals surface area contributed by atoms with Crippen LogP contribution in [0.15, 0.2) is 23.2 Å². The number of sulfonamides is 1. The molecule has 0 saturated carbocycles. The number of benzene rings is 1. The molecule has 1 aliphatic heterocycles. The molecule has 0 radical (unpaired) electrons. The average molecular weight is 390 g/mol. The van der Waals surface area contributed by atoms with Gasteiger partial charge in [-0.3, -0.25) is 0 Å². The molecule has 1 heterocycles. The number of halogens is 2. The molecular weight excluding hydrogens is 366 g/mol. The van der Waals surface area contributed by atoms with Crippen LogP contribution in [0.3, 0.4) is 0 Å². The molecule has 1 aromatic rings. The molecule has 0 atom stereocenters. The SMILES string of the molecule is CCNC(=NCc1cc(F)ccc1F)NCCS(=O)(=O)N1CCOCC1. The Morgan fingerprint density at radius 3 is 2.69 bits per heavy atom. The van der Waals surface area contributed by atoms with Gasteiger partial charge in [-0.2, -0.15) is 4.31 Å². The van der Waals surface area contributed by atoms with E-state index in [1.165, 1.54) is 4.31 Å². The number of ether oxygens (including phenoxy) is 1. The third-order valence-corrected chi connectivity index (χ3v) is 5.65. The van der Waals surface area contributed by atoms with Crippen molar-refractivity contribution < 1.29 is 21.9 Å². The summed E-state index contributed by atoms with van der Waals surface area (Å²) >= 11 is 0. The smallest absolute Gasteiger partial charge is 0.215 e. The summed E-state index contributed by atoms with van der Waals surface area (Å²) in [6.07, 6.45) is 0. The molecule has 146 valence electrons. The number of morpholine rings is 1. The minimum Gasteiger partial charge on any atom is -0.379 e. The van der Waals surface area contributed by atoms with Crippen LogP contribution >= 0.6 is 0 Å². The van der Waals surface area contributed by atoms with Crippen molar-refractivity contribution in [3.63, 3.8) is 0 Å². The molecule has 26 heavy (non-hydrogen) atoms. The summed E-state index contributed by atoms with van der Waals surface area (Å²) < 4.78 is 57.9. The lowest BCUT2D eigenvalue weighted by molar-refractivity contribution is 0.0730. The van der Waals surface area contributed by atoms with E-state index >= 15 is 0 Å². The molecule has 2 N–H and O–H groups in total. The van der Waals surface area contributed by atoms with E-state index in [9.17, 15) is 17.2 Å². The number of nitrogens with one attached hydrogen (secondary N) is 2. The van der Waals surface area contributed by atoms with Crippen LogP contribution in [0.2, 0.25) is 0 Å². The predicted molar refractivity (Wildman–Crippen MR) is 95.4 cm³/mol. The lowest BCUT2D eigenvalue weighted by atomic mass is 10.2. The van der Waals surface area contributed by atoms with Gasteiger partial charge < -0.3 is 15.4 Å². The fraction of sp³-hybridized carbons (Fsp3) is 0.562. The molecule has 1 saturated heterocycles. The summed E-state index contributed by atoms with van der Waals surface area (Å²) in [4.78, 5) is 4.18. The molecule has 7 nitrogen and oxygen atoms in total. The Hall–Kier alpha value is -1.78. The first kappa shape index (κ1) is 20.5. The monoisotopic (exact) mass is 390 g/mol. The van der Waals surface area contributed by atoms with Crippen LogP contribution in [0.4, 0.5) is 8.78 Å². The second-order valence-electron chi connectivity index (χ2n) is 5.69. The second-order valence-corrected chi connectivity index (χ2v) is 7.77. The quantitative estimate of drug-likeness (QED) is 0.529. The van der Waals surface area contributed by atoms with Crippen molar-refractivity contribution in [2.75, 3.05) is 45.1 Å². The van der Waals surface area contributed by atoms with Gasteiger partial charge >= 0.3 is 0 Å². The highest BCUT2D eigenvalue weighted by molar-refractivity contribution is 7.89. The molecule has 0 aromatic heterocycles. The van der Waals surface area contributed by atoms with E-state index in [0.717, 1.165) is 18.2 Å². The van der Waals surface area contributed by atoms with Crippen molar-refractivity contribution in [2.24, 2.45) is 4.99 Å². The Balaban J connectivity index is 1.91. The van der Waals surface area contributed by atoms with Gasteiger partial charge in [0.15, 0.2) is 5.96 Å². The first-order valence-electron chi connectivity index (χ1n) is 8.44. The minimum absolute atomic E-state index is 0.0604. The Morgan fingerprint density at radius 2 is 2.00 bits per heavy atom.